The number of carbonyl (C=O) groups excluding carboxylic acids is 2. The van der Waals surface area contributed by atoms with Crippen molar-refractivity contribution in [3.05, 3.63) is 53.6 Å². The first-order valence-corrected chi connectivity index (χ1v) is 12.8. The number of hydrogen-bond acceptors (Lipinski definition) is 7. The SMILES string of the molecule is O=C(COC(=O)CCNS(=O)(=O)c1ccc2c(c1)OCCCO2)N[C@H]1CCCc2ccccc21. The van der Waals surface area contributed by atoms with Crippen molar-refractivity contribution in [2.45, 2.75) is 43.0 Å². The first-order valence-electron chi connectivity index (χ1n) is 11.3. The predicted molar refractivity (Wildman–Crippen MR) is 123 cm³/mol. The van der Waals surface area contributed by atoms with Crippen LogP contribution >= 0.6 is 0 Å². The molecule has 2 aromatic rings. The Bertz CT molecular complexity index is 1150. The molecular formula is C24H28N2O7S. The molecule has 0 radical (unpaired) electrons. The summed E-state index contributed by atoms with van der Waals surface area (Å²) in [4.78, 5) is 24.3. The standard InChI is InChI=1S/C24H28N2O7S/c27-23(26-20-8-3-6-17-5-1-2-7-19(17)20)16-33-24(28)11-12-25-34(29,30)18-9-10-21-22(15-18)32-14-4-13-31-21/h1-2,5,7,9-10,15,20,25H,3-4,6,8,11-14,16H2,(H,26,27)/t20-/m0/s1. The summed E-state index contributed by atoms with van der Waals surface area (Å²) in [5.41, 5.74) is 2.31. The highest BCUT2D eigenvalue weighted by Crippen LogP contribution is 2.32. The molecule has 182 valence electrons. The van der Waals surface area contributed by atoms with Crippen LogP contribution in [0.1, 0.15) is 42.9 Å². The molecular weight excluding hydrogens is 460 g/mol. The van der Waals surface area contributed by atoms with Crippen LogP contribution in [-0.2, 0) is 30.8 Å². The number of ether oxygens (including phenoxy) is 3. The fourth-order valence-electron chi connectivity index (χ4n) is 4.04. The van der Waals surface area contributed by atoms with Crippen molar-refractivity contribution in [2.24, 2.45) is 0 Å². The van der Waals surface area contributed by atoms with Crippen molar-refractivity contribution >= 4 is 21.9 Å². The van der Waals surface area contributed by atoms with Crippen molar-refractivity contribution in [2.75, 3.05) is 26.4 Å². The van der Waals surface area contributed by atoms with Gasteiger partial charge in [0.25, 0.3) is 5.91 Å². The maximum atomic E-state index is 12.5. The second-order valence-corrected chi connectivity index (χ2v) is 9.95. The molecule has 0 bridgehead atoms. The highest BCUT2D eigenvalue weighted by Gasteiger charge is 2.22. The second-order valence-electron chi connectivity index (χ2n) is 8.18. The van der Waals surface area contributed by atoms with Crippen LogP contribution in [0, 0.1) is 0 Å². The Balaban J connectivity index is 1.21. The van der Waals surface area contributed by atoms with Crippen LogP contribution in [-0.4, -0.2) is 46.7 Å². The summed E-state index contributed by atoms with van der Waals surface area (Å²) >= 11 is 0. The van der Waals surface area contributed by atoms with E-state index in [2.05, 4.69) is 16.1 Å². The monoisotopic (exact) mass is 488 g/mol. The molecule has 4 rings (SSSR count). The Morgan fingerprint density at radius 1 is 1.03 bits per heavy atom. The summed E-state index contributed by atoms with van der Waals surface area (Å²) in [7, 11) is -3.85. The molecule has 2 aliphatic rings. The van der Waals surface area contributed by atoms with E-state index < -0.39 is 22.6 Å². The predicted octanol–water partition coefficient (Wildman–Crippen LogP) is 2.25. The highest BCUT2D eigenvalue weighted by molar-refractivity contribution is 7.89. The van der Waals surface area contributed by atoms with E-state index in [0.29, 0.717) is 31.1 Å². The molecule has 1 aliphatic carbocycles. The van der Waals surface area contributed by atoms with Crippen molar-refractivity contribution in [3.63, 3.8) is 0 Å². The minimum absolute atomic E-state index is 0.0114. The smallest absolute Gasteiger partial charge is 0.307 e. The van der Waals surface area contributed by atoms with Gasteiger partial charge in [-0.2, -0.15) is 0 Å². The number of carbonyl (C=O) groups is 2. The Hall–Kier alpha value is -3.11. The molecule has 2 N–H and O–H groups in total. The minimum atomic E-state index is -3.85. The van der Waals surface area contributed by atoms with Gasteiger partial charge in [0.05, 0.1) is 30.6 Å². The average molecular weight is 489 g/mol. The fraction of sp³-hybridized carbons (Fsp3) is 0.417. The molecule has 0 saturated carbocycles. The van der Waals surface area contributed by atoms with Crippen LogP contribution in [0.25, 0.3) is 0 Å². The second kappa shape index (κ2) is 10.9. The molecule has 1 heterocycles. The minimum Gasteiger partial charge on any atom is -0.490 e. The zero-order chi connectivity index (χ0) is 24.0. The maximum Gasteiger partial charge on any atom is 0.307 e. The molecule has 0 unspecified atom stereocenters. The lowest BCUT2D eigenvalue weighted by molar-refractivity contribution is -0.148. The summed E-state index contributed by atoms with van der Waals surface area (Å²) < 4.78 is 43.5. The summed E-state index contributed by atoms with van der Waals surface area (Å²) in [5, 5.41) is 2.91. The molecule has 34 heavy (non-hydrogen) atoms. The zero-order valence-electron chi connectivity index (χ0n) is 18.7. The van der Waals surface area contributed by atoms with Crippen LogP contribution in [0.4, 0.5) is 0 Å². The van der Waals surface area contributed by atoms with E-state index in [0.717, 1.165) is 24.8 Å². The lowest BCUT2D eigenvalue weighted by atomic mass is 9.88. The van der Waals surface area contributed by atoms with Crippen LogP contribution in [0.2, 0.25) is 0 Å². The van der Waals surface area contributed by atoms with Crippen LogP contribution in [0.3, 0.4) is 0 Å². The molecule has 10 heteroatoms. The van der Waals surface area contributed by atoms with E-state index in [9.17, 15) is 18.0 Å². The summed E-state index contributed by atoms with van der Waals surface area (Å²) in [5.74, 6) is -0.190. The number of esters is 1. The molecule has 1 atom stereocenters. The largest absolute Gasteiger partial charge is 0.490 e. The molecule has 1 aliphatic heterocycles. The number of hydrogen-bond donors (Lipinski definition) is 2. The number of rotatable bonds is 8. The number of aryl methyl sites for hydroxylation is 1. The summed E-state index contributed by atoms with van der Waals surface area (Å²) in [6.07, 6.45) is 3.30. The molecule has 0 spiro atoms. The van der Waals surface area contributed by atoms with E-state index in [1.807, 2.05) is 18.2 Å². The quantitative estimate of drug-likeness (QED) is 0.547. The first-order chi connectivity index (χ1) is 16.4. The van der Waals surface area contributed by atoms with Gasteiger partial charge in [0.1, 0.15) is 0 Å². The third kappa shape index (κ3) is 6.06. The fourth-order valence-corrected chi connectivity index (χ4v) is 5.09. The van der Waals surface area contributed by atoms with E-state index in [1.165, 1.54) is 17.7 Å². The maximum absolute atomic E-state index is 12.5. The van der Waals surface area contributed by atoms with Gasteiger partial charge in [-0.25, -0.2) is 13.1 Å². The van der Waals surface area contributed by atoms with Crippen LogP contribution < -0.4 is 19.5 Å². The highest BCUT2D eigenvalue weighted by atomic mass is 32.2. The van der Waals surface area contributed by atoms with Gasteiger partial charge < -0.3 is 19.5 Å². The van der Waals surface area contributed by atoms with Gasteiger partial charge in [-0.1, -0.05) is 24.3 Å². The van der Waals surface area contributed by atoms with Crippen molar-refractivity contribution in [1.29, 1.82) is 0 Å². The summed E-state index contributed by atoms with van der Waals surface area (Å²) in [6, 6.07) is 12.2. The van der Waals surface area contributed by atoms with Gasteiger partial charge in [0.15, 0.2) is 18.1 Å². The Morgan fingerprint density at radius 3 is 2.68 bits per heavy atom. The van der Waals surface area contributed by atoms with Gasteiger partial charge in [-0.3, -0.25) is 9.59 Å². The molecule has 0 fully saturated rings. The lowest BCUT2D eigenvalue weighted by Gasteiger charge is -2.26. The van der Waals surface area contributed by atoms with E-state index in [1.54, 1.807) is 6.07 Å². The zero-order valence-corrected chi connectivity index (χ0v) is 19.6. The van der Waals surface area contributed by atoms with Gasteiger partial charge in [0.2, 0.25) is 10.0 Å². The molecule has 1 amide bonds. The van der Waals surface area contributed by atoms with E-state index in [-0.39, 0.29) is 29.8 Å². The van der Waals surface area contributed by atoms with Gasteiger partial charge >= 0.3 is 5.97 Å². The first kappa shape index (κ1) is 24.0. The topological polar surface area (TPSA) is 120 Å². The number of benzene rings is 2. The number of sulfonamides is 1. The lowest BCUT2D eigenvalue weighted by Crippen LogP contribution is -2.34. The van der Waals surface area contributed by atoms with Crippen molar-refractivity contribution < 1.29 is 32.2 Å². The Labute approximate surface area is 198 Å². The van der Waals surface area contributed by atoms with E-state index in [4.69, 9.17) is 14.2 Å². The third-order valence-corrected chi connectivity index (χ3v) is 7.18. The van der Waals surface area contributed by atoms with Crippen LogP contribution in [0.15, 0.2) is 47.4 Å². The molecule has 9 nitrogen and oxygen atoms in total. The van der Waals surface area contributed by atoms with Crippen LogP contribution in [0.5, 0.6) is 11.5 Å². The third-order valence-electron chi connectivity index (χ3n) is 5.72. The molecule has 0 saturated heterocycles. The number of amides is 1. The van der Waals surface area contributed by atoms with Crippen molar-refractivity contribution in [1.82, 2.24) is 10.0 Å². The Kier molecular flexibility index (Phi) is 7.69. The summed E-state index contributed by atoms with van der Waals surface area (Å²) in [6.45, 7) is 0.377. The number of fused-ring (bicyclic) bond motifs is 2. The molecule has 2 aromatic carbocycles. The van der Waals surface area contributed by atoms with Gasteiger partial charge in [0, 0.05) is 19.0 Å². The number of nitrogens with one attached hydrogen (secondary N) is 2. The Morgan fingerprint density at radius 2 is 1.82 bits per heavy atom. The van der Waals surface area contributed by atoms with Crippen molar-refractivity contribution in [3.8, 4) is 11.5 Å². The van der Waals surface area contributed by atoms with E-state index >= 15 is 0 Å². The average Bonchev–Trinajstić information content (AvgIpc) is 3.08. The normalized spacial score (nSPS) is 17.2. The van der Waals surface area contributed by atoms with Gasteiger partial charge in [-0.05, 0) is 42.5 Å². The molecule has 0 aromatic heterocycles. The van der Waals surface area contributed by atoms with Gasteiger partial charge in [-0.15, -0.1) is 0 Å².